The first-order chi connectivity index (χ1) is 15.1. The topological polar surface area (TPSA) is 69.2 Å². The van der Waals surface area contributed by atoms with Crippen molar-refractivity contribution in [2.75, 3.05) is 21.1 Å². The molecule has 8 heteroatoms. The Kier molecular flexibility index (Phi) is 7.64. The Bertz CT molecular complexity index is 822. The highest BCUT2D eigenvalue weighted by atomic mass is 19.1. The fraction of sp³-hybridized carbons (Fsp3) is 0.667. The van der Waals surface area contributed by atoms with Gasteiger partial charge in [-0.15, -0.1) is 0 Å². The van der Waals surface area contributed by atoms with E-state index in [9.17, 15) is 9.18 Å². The number of nitrogens with one attached hydrogen (secondary N) is 2. The van der Waals surface area contributed by atoms with Crippen molar-refractivity contribution in [2.24, 2.45) is 4.99 Å². The molecule has 0 saturated carbocycles. The van der Waals surface area contributed by atoms with Crippen LogP contribution >= 0.6 is 0 Å². The van der Waals surface area contributed by atoms with Crippen molar-refractivity contribution in [1.29, 1.82) is 0 Å². The number of hydrogen-bond donors (Lipinski definition) is 2. The monoisotopic (exact) mass is 447 g/mol. The molecule has 2 aliphatic rings. The van der Waals surface area contributed by atoms with E-state index in [1.54, 1.807) is 13.1 Å². The zero-order valence-corrected chi connectivity index (χ0v) is 20.2. The maximum absolute atomic E-state index is 14.0. The summed E-state index contributed by atoms with van der Waals surface area (Å²) >= 11 is 0. The Morgan fingerprint density at radius 2 is 1.91 bits per heavy atom. The Balaban J connectivity index is 1.55. The van der Waals surface area contributed by atoms with Crippen molar-refractivity contribution < 1.29 is 13.9 Å². The predicted octanol–water partition coefficient (Wildman–Crippen LogP) is 3.48. The molecule has 0 aromatic heterocycles. The van der Waals surface area contributed by atoms with Crippen LogP contribution in [-0.2, 0) is 17.8 Å². The minimum Gasteiger partial charge on any atom is -0.444 e. The number of carbonyl (C=O) groups excluding carboxylic acids is 1. The molecule has 7 nitrogen and oxygen atoms in total. The average molecular weight is 448 g/mol. The van der Waals surface area contributed by atoms with Gasteiger partial charge >= 0.3 is 6.09 Å². The third-order valence-corrected chi connectivity index (χ3v) is 5.96. The molecule has 3 rings (SSSR count). The van der Waals surface area contributed by atoms with Crippen LogP contribution < -0.4 is 10.6 Å². The number of guanidine groups is 1. The molecule has 2 saturated heterocycles. The van der Waals surface area contributed by atoms with Crippen LogP contribution in [0.5, 0.6) is 0 Å². The standard InChI is InChI=1S/C24H38FN5O2/c1-24(2,3)32-23(31)30-19-8-9-20(30)13-18(12-19)28-22(26-4)27-14-16-7-10-21(25)17(11-16)15-29(5)6/h7,10-11,18-20H,8-9,12-15H2,1-6H3,(H2,26,27,28). The summed E-state index contributed by atoms with van der Waals surface area (Å²) in [7, 11) is 5.61. The van der Waals surface area contributed by atoms with Gasteiger partial charge in [0.1, 0.15) is 11.4 Å². The van der Waals surface area contributed by atoms with Gasteiger partial charge in [0.25, 0.3) is 0 Å². The number of amides is 1. The Labute approximate surface area is 191 Å². The fourth-order valence-electron chi connectivity index (χ4n) is 4.68. The average Bonchev–Trinajstić information content (AvgIpc) is 2.96. The molecule has 2 unspecified atom stereocenters. The van der Waals surface area contributed by atoms with Crippen molar-refractivity contribution in [1.82, 2.24) is 20.4 Å². The molecule has 2 heterocycles. The van der Waals surface area contributed by atoms with Crippen LogP contribution in [0, 0.1) is 5.82 Å². The first-order valence-corrected chi connectivity index (χ1v) is 11.5. The SMILES string of the molecule is CN=C(NCc1ccc(F)c(CN(C)C)c1)NC1CC2CCC(C1)N2C(=O)OC(C)(C)C. The lowest BCUT2D eigenvalue weighted by Crippen LogP contribution is -2.54. The van der Waals surface area contributed by atoms with Gasteiger partial charge in [0, 0.05) is 43.8 Å². The molecule has 0 spiro atoms. The van der Waals surface area contributed by atoms with Crippen LogP contribution in [0.25, 0.3) is 0 Å². The van der Waals surface area contributed by atoms with Gasteiger partial charge in [-0.05, 0) is 78.2 Å². The predicted molar refractivity (Wildman–Crippen MR) is 125 cm³/mol. The molecular formula is C24H38FN5O2. The maximum atomic E-state index is 14.0. The van der Waals surface area contributed by atoms with Gasteiger partial charge in [-0.2, -0.15) is 0 Å². The zero-order valence-electron chi connectivity index (χ0n) is 20.2. The first kappa shape index (κ1) is 24.3. The van der Waals surface area contributed by atoms with E-state index < -0.39 is 5.60 Å². The molecule has 2 fully saturated rings. The fourth-order valence-corrected chi connectivity index (χ4v) is 4.68. The number of piperidine rings is 1. The number of carbonyl (C=O) groups is 1. The minimum absolute atomic E-state index is 0.183. The van der Waals surface area contributed by atoms with E-state index in [1.165, 1.54) is 6.07 Å². The zero-order chi connectivity index (χ0) is 23.5. The van der Waals surface area contributed by atoms with Gasteiger partial charge in [0.2, 0.25) is 0 Å². The summed E-state index contributed by atoms with van der Waals surface area (Å²) in [5.41, 5.74) is 1.21. The molecule has 1 amide bonds. The first-order valence-electron chi connectivity index (χ1n) is 11.5. The largest absolute Gasteiger partial charge is 0.444 e. The highest BCUT2D eigenvalue weighted by Crippen LogP contribution is 2.36. The number of hydrogen-bond acceptors (Lipinski definition) is 4. The highest BCUT2D eigenvalue weighted by molar-refractivity contribution is 5.80. The summed E-state index contributed by atoms with van der Waals surface area (Å²) in [5.74, 6) is 0.538. The molecule has 178 valence electrons. The van der Waals surface area contributed by atoms with Crippen molar-refractivity contribution in [3.63, 3.8) is 0 Å². The lowest BCUT2D eigenvalue weighted by Gasteiger charge is -2.40. The van der Waals surface area contributed by atoms with E-state index >= 15 is 0 Å². The van der Waals surface area contributed by atoms with E-state index in [2.05, 4.69) is 15.6 Å². The Morgan fingerprint density at radius 3 is 2.47 bits per heavy atom. The van der Waals surface area contributed by atoms with E-state index in [1.807, 2.05) is 50.7 Å². The highest BCUT2D eigenvalue weighted by Gasteiger charge is 2.45. The summed E-state index contributed by atoms with van der Waals surface area (Å²) in [4.78, 5) is 20.9. The second-order valence-corrected chi connectivity index (χ2v) is 10.2. The molecule has 2 aliphatic heterocycles. The summed E-state index contributed by atoms with van der Waals surface area (Å²) < 4.78 is 19.7. The van der Waals surface area contributed by atoms with Crippen molar-refractivity contribution in [3.05, 3.63) is 35.1 Å². The second-order valence-electron chi connectivity index (χ2n) is 10.2. The summed E-state index contributed by atoms with van der Waals surface area (Å²) in [6.45, 7) is 6.83. The molecule has 0 aliphatic carbocycles. The van der Waals surface area contributed by atoms with Gasteiger partial charge in [0.05, 0.1) is 0 Å². The second kappa shape index (κ2) is 10.1. The van der Waals surface area contributed by atoms with Gasteiger partial charge in [0.15, 0.2) is 5.96 Å². The van der Waals surface area contributed by atoms with Crippen LogP contribution in [-0.4, -0.2) is 66.7 Å². The Morgan fingerprint density at radius 1 is 1.25 bits per heavy atom. The number of ether oxygens (including phenoxy) is 1. The third-order valence-electron chi connectivity index (χ3n) is 5.96. The van der Waals surface area contributed by atoms with Crippen molar-refractivity contribution >= 4 is 12.1 Å². The number of fused-ring (bicyclic) bond motifs is 2. The number of rotatable bonds is 5. The van der Waals surface area contributed by atoms with Crippen LogP contribution in [0.4, 0.5) is 9.18 Å². The smallest absolute Gasteiger partial charge is 0.410 e. The number of benzene rings is 1. The molecule has 32 heavy (non-hydrogen) atoms. The van der Waals surface area contributed by atoms with E-state index in [0.717, 1.165) is 37.2 Å². The summed E-state index contributed by atoms with van der Waals surface area (Å²) in [6, 6.07) is 5.87. The maximum Gasteiger partial charge on any atom is 0.410 e. The molecule has 2 N–H and O–H groups in total. The van der Waals surface area contributed by atoms with Crippen LogP contribution in [0.3, 0.4) is 0 Å². The number of halogens is 1. The minimum atomic E-state index is -0.482. The van der Waals surface area contributed by atoms with E-state index in [4.69, 9.17) is 4.74 Å². The molecule has 2 bridgehead atoms. The van der Waals surface area contributed by atoms with Crippen LogP contribution in [0.2, 0.25) is 0 Å². The quantitative estimate of drug-likeness (QED) is 0.534. The van der Waals surface area contributed by atoms with Gasteiger partial charge in [-0.25, -0.2) is 9.18 Å². The van der Waals surface area contributed by atoms with Gasteiger partial charge < -0.3 is 25.2 Å². The summed E-state index contributed by atoms with van der Waals surface area (Å²) in [5, 5.41) is 6.87. The van der Waals surface area contributed by atoms with Crippen molar-refractivity contribution in [3.8, 4) is 0 Å². The molecular weight excluding hydrogens is 409 g/mol. The van der Waals surface area contributed by atoms with Gasteiger partial charge in [-0.1, -0.05) is 6.07 Å². The van der Waals surface area contributed by atoms with Crippen molar-refractivity contribution in [2.45, 2.75) is 83.3 Å². The lowest BCUT2D eigenvalue weighted by atomic mass is 9.98. The normalized spacial score (nSPS) is 23.4. The number of nitrogens with zero attached hydrogens (tertiary/aromatic N) is 3. The Hall–Kier alpha value is -2.35. The van der Waals surface area contributed by atoms with Gasteiger partial charge in [-0.3, -0.25) is 4.99 Å². The van der Waals surface area contributed by atoms with Crippen LogP contribution in [0.15, 0.2) is 23.2 Å². The van der Waals surface area contributed by atoms with Crippen LogP contribution in [0.1, 0.15) is 57.6 Å². The lowest BCUT2D eigenvalue weighted by molar-refractivity contribution is 0.00545. The third kappa shape index (κ3) is 6.34. The molecule has 1 aromatic carbocycles. The molecule has 0 radical (unpaired) electrons. The van der Waals surface area contributed by atoms with E-state index in [0.29, 0.717) is 18.7 Å². The molecule has 2 atom stereocenters. The number of aliphatic imine (C=N–C) groups is 1. The summed E-state index contributed by atoms with van der Waals surface area (Å²) in [6.07, 6.45) is 3.58. The molecule has 1 aromatic rings. The van der Waals surface area contributed by atoms with E-state index in [-0.39, 0.29) is 30.0 Å².